The molecule has 0 aliphatic carbocycles. The number of carbonyl (C=O) groups excluding carboxylic acids is 2. The van der Waals surface area contributed by atoms with E-state index in [-0.39, 0.29) is 23.5 Å². The van der Waals surface area contributed by atoms with Crippen LogP contribution in [0.3, 0.4) is 0 Å². The molecule has 3 N–H and O–H groups in total. The Kier molecular flexibility index (Phi) is 6.69. The highest BCUT2D eigenvalue weighted by Crippen LogP contribution is 2.29. The summed E-state index contributed by atoms with van der Waals surface area (Å²) < 4.78 is 5.91. The standard InChI is InChI=1S/C18H20N2O3S/c1-13(20-18(22)12-24-11-17(19)21)15-9-5-6-10-16(15)23-14-7-3-2-4-8-14/h2-10,13H,11-12H2,1H3,(H2,19,21)(H,20,22)/t13-/m1/s1. The third kappa shape index (κ3) is 5.62. The number of primary amides is 1. The van der Waals surface area contributed by atoms with E-state index in [0.29, 0.717) is 5.75 Å². The third-order valence-electron chi connectivity index (χ3n) is 3.21. The van der Waals surface area contributed by atoms with Gasteiger partial charge in [-0.2, -0.15) is 0 Å². The van der Waals surface area contributed by atoms with Crippen LogP contribution < -0.4 is 15.8 Å². The van der Waals surface area contributed by atoms with Crippen LogP contribution in [0.4, 0.5) is 0 Å². The van der Waals surface area contributed by atoms with Crippen molar-refractivity contribution < 1.29 is 14.3 Å². The molecule has 2 rings (SSSR count). The summed E-state index contributed by atoms with van der Waals surface area (Å²) in [5, 5.41) is 2.90. The molecule has 0 heterocycles. The molecule has 0 saturated carbocycles. The van der Waals surface area contributed by atoms with Gasteiger partial charge in [-0.1, -0.05) is 36.4 Å². The van der Waals surface area contributed by atoms with Crippen LogP contribution in [0.1, 0.15) is 18.5 Å². The maximum Gasteiger partial charge on any atom is 0.230 e. The fourth-order valence-electron chi connectivity index (χ4n) is 2.15. The lowest BCUT2D eigenvalue weighted by atomic mass is 10.1. The Bertz CT molecular complexity index is 692. The maximum absolute atomic E-state index is 12.0. The van der Waals surface area contributed by atoms with Crippen LogP contribution in [-0.2, 0) is 9.59 Å². The van der Waals surface area contributed by atoms with Crippen molar-refractivity contribution in [1.82, 2.24) is 5.32 Å². The van der Waals surface area contributed by atoms with Gasteiger partial charge in [-0.05, 0) is 25.1 Å². The molecule has 5 nitrogen and oxygen atoms in total. The van der Waals surface area contributed by atoms with Crippen molar-refractivity contribution in [3.8, 4) is 11.5 Å². The lowest BCUT2D eigenvalue weighted by Crippen LogP contribution is -2.29. The summed E-state index contributed by atoms with van der Waals surface area (Å²) in [7, 11) is 0. The molecule has 2 aromatic rings. The molecular formula is C18H20N2O3S. The van der Waals surface area contributed by atoms with Gasteiger partial charge in [0.25, 0.3) is 0 Å². The highest BCUT2D eigenvalue weighted by molar-refractivity contribution is 8.00. The minimum Gasteiger partial charge on any atom is -0.457 e. The van der Waals surface area contributed by atoms with Gasteiger partial charge in [0.15, 0.2) is 0 Å². The van der Waals surface area contributed by atoms with E-state index in [1.54, 1.807) is 0 Å². The number of amides is 2. The van der Waals surface area contributed by atoms with E-state index in [4.69, 9.17) is 10.5 Å². The van der Waals surface area contributed by atoms with E-state index in [1.165, 1.54) is 11.8 Å². The molecule has 126 valence electrons. The van der Waals surface area contributed by atoms with E-state index in [1.807, 2.05) is 61.5 Å². The van der Waals surface area contributed by atoms with Gasteiger partial charge >= 0.3 is 0 Å². The SMILES string of the molecule is C[C@@H](NC(=O)CSCC(N)=O)c1ccccc1Oc1ccccc1. The van der Waals surface area contributed by atoms with Crippen LogP contribution in [0, 0.1) is 0 Å². The Morgan fingerprint density at radius 1 is 1.08 bits per heavy atom. The average Bonchev–Trinajstić information content (AvgIpc) is 2.56. The van der Waals surface area contributed by atoms with Gasteiger partial charge in [0.05, 0.1) is 17.5 Å². The number of thioether (sulfide) groups is 1. The second-order valence-electron chi connectivity index (χ2n) is 5.20. The summed E-state index contributed by atoms with van der Waals surface area (Å²) in [4.78, 5) is 22.6. The summed E-state index contributed by atoms with van der Waals surface area (Å²) >= 11 is 1.20. The monoisotopic (exact) mass is 344 g/mol. The van der Waals surface area contributed by atoms with Crippen molar-refractivity contribution in [2.75, 3.05) is 11.5 Å². The molecule has 0 radical (unpaired) electrons. The molecule has 1 atom stereocenters. The molecule has 2 aromatic carbocycles. The van der Waals surface area contributed by atoms with Gasteiger partial charge in [-0.25, -0.2) is 0 Å². The first-order valence-electron chi connectivity index (χ1n) is 7.53. The molecule has 0 aromatic heterocycles. The number of benzene rings is 2. The zero-order valence-corrected chi connectivity index (χ0v) is 14.2. The van der Waals surface area contributed by atoms with Gasteiger partial charge in [0.1, 0.15) is 11.5 Å². The Hall–Kier alpha value is -2.47. The topological polar surface area (TPSA) is 81.4 Å². The zero-order valence-electron chi connectivity index (χ0n) is 13.4. The number of para-hydroxylation sites is 2. The predicted molar refractivity (Wildman–Crippen MR) is 96.0 cm³/mol. The molecule has 0 spiro atoms. The number of carbonyl (C=O) groups is 2. The number of rotatable bonds is 8. The molecule has 24 heavy (non-hydrogen) atoms. The normalized spacial score (nSPS) is 11.5. The number of nitrogens with one attached hydrogen (secondary N) is 1. The van der Waals surface area contributed by atoms with Crippen LogP contribution in [0.25, 0.3) is 0 Å². The quantitative estimate of drug-likeness (QED) is 0.771. The second-order valence-corrected chi connectivity index (χ2v) is 6.19. The Balaban J connectivity index is 2.00. The Morgan fingerprint density at radius 3 is 2.46 bits per heavy atom. The zero-order chi connectivity index (χ0) is 17.4. The van der Waals surface area contributed by atoms with Crippen LogP contribution in [-0.4, -0.2) is 23.3 Å². The average molecular weight is 344 g/mol. The van der Waals surface area contributed by atoms with Crippen LogP contribution in [0.2, 0.25) is 0 Å². The summed E-state index contributed by atoms with van der Waals surface area (Å²) in [5.41, 5.74) is 5.94. The highest BCUT2D eigenvalue weighted by atomic mass is 32.2. The van der Waals surface area contributed by atoms with Gasteiger partial charge in [-0.15, -0.1) is 11.8 Å². The molecule has 0 unspecified atom stereocenters. The largest absolute Gasteiger partial charge is 0.457 e. The molecule has 0 aliphatic rings. The Morgan fingerprint density at radius 2 is 1.75 bits per heavy atom. The van der Waals surface area contributed by atoms with Crippen molar-refractivity contribution in [3.05, 3.63) is 60.2 Å². The first kappa shape index (κ1) is 17.9. The minimum atomic E-state index is -0.428. The van der Waals surface area contributed by atoms with E-state index in [2.05, 4.69) is 5.32 Å². The molecule has 0 fully saturated rings. The number of nitrogens with two attached hydrogens (primary N) is 1. The summed E-state index contributed by atoms with van der Waals surface area (Å²) in [6.45, 7) is 1.89. The third-order valence-corrected chi connectivity index (χ3v) is 4.17. The van der Waals surface area contributed by atoms with E-state index in [9.17, 15) is 9.59 Å². The molecule has 0 aliphatic heterocycles. The number of hydrogen-bond donors (Lipinski definition) is 2. The summed E-state index contributed by atoms with van der Waals surface area (Å²) in [6, 6.07) is 16.8. The van der Waals surface area contributed by atoms with Gasteiger partial charge in [0.2, 0.25) is 11.8 Å². The van der Waals surface area contributed by atoms with Crippen molar-refractivity contribution in [2.45, 2.75) is 13.0 Å². The molecule has 0 bridgehead atoms. The molecule has 2 amide bonds. The molecule has 0 saturated heterocycles. The van der Waals surface area contributed by atoms with Crippen molar-refractivity contribution in [1.29, 1.82) is 0 Å². The lowest BCUT2D eigenvalue weighted by molar-refractivity contribution is -0.119. The van der Waals surface area contributed by atoms with Gasteiger partial charge in [0, 0.05) is 5.56 Å². The van der Waals surface area contributed by atoms with Gasteiger partial charge in [-0.3, -0.25) is 9.59 Å². The fourth-order valence-corrected chi connectivity index (χ4v) is 2.72. The number of ether oxygens (including phenoxy) is 1. The lowest BCUT2D eigenvalue weighted by Gasteiger charge is -2.18. The predicted octanol–water partition coefficient (Wildman–Crippen LogP) is 2.87. The van der Waals surface area contributed by atoms with Crippen LogP contribution in [0.15, 0.2) is 54.6 Å². The molecule has 6 heteroatoms. The number of hydrogen-bond acceptors (Lipinski definition) is 4. The van der Waals surface area contributed by atoms with Crippen molar-refractivity contribution in [3.63, 3.8) is 0 Å². The minimum absolute atomic E-state index is 0.134. The molecular weight excluding hydrogens is 324 g/mol. The van der Waals surface area contributed by atoms with Crippen molar-refractivity contribution >= 4 is 23.6 Å². The van der Waals surface area contributed by atoms with E-state index < -0.39 is 5.91 Å². The first-order valence-corrected chi connectivity index (χ1v) is 8.69. The highest BCUT2D eigenvalue weighted by Gasteiger charge is 2.14. The smallest absolute Gasteiger partial charge is 0.230 e. The van der Waals surface area contributed by atoms with Crippen molar-refractivity contribution in [2.24, 2.45) is 5.73 Å². The summed E-state index contributed by atoms with van der Waals surface area (Å²) in [5.74, 6) is 1.18. The van der Waals surface area contributed by atoms with Crippen LogP contribution in [0.5, 0.6) is 11.5 Å². The van der Waals surface area contributed by atoms with Gasteiger partial charge < -0.3 is 15.8 Å². The second kappa shape index (κ2) is 8.98. The Labute approximate surface area is 145 Å². The fraction of sp³-hybridized carbons (Fsp3) is 0.222. The maximum atomic E-state index is 12.0. The van der Waals surface area contributed by atoms with E-state index >= 15 is 0 Å². The van der Waals surface area contributed by atoms with Crippen LogP contribution >= 0.6 is 11.8 Å². The summed E-state index contributed by atoms with van der Waals surface area (Å²) in [6.07, 6.45) is 0. The van der Waals surface area contributed by atoms with E-state index in [0.717, 1.165) is 11.3 Å². The first-order chi connectivity index (χ1) is 11.6.